The predicted molar refractivity (Wildman–Crippen MR) is 125 cm³/mol. The maximum absolute atomic E-state index is 13.4. The van der Waals surface area contributed by atoms with Crippen LogP contribution in [0.2, 0.25) is 0 Å². The Hall–Kier alpha value is -3.65. The summed E-state index contributed by atoms with van der Waals surface area (Å²) in [6, 6.07) is 23.0. The van der Waals surface area contributed by atoms with Crippen LogP contribution in [0, 0.1) is 13.8 Å². The summed E-state index contributed by atoms with van der Waals surface area (Å²) in [4.78, 5) is 13.4. The molecule has 1 N–H and O–H groups in total. The van der Waals surface area contributed by atoms with Gasteiger partial charge in [0.05, 0.1) is 12.8 Å². The third kappa shape index (κ3) is 4.81. The van der Waals surface area contributed by atoms with Gasteiger partial charge in [0.25, 0.3) is 0 Å². The Balaban J connectivity index is 1.65. The summed E-state index contributed by atoms with van der Waals surface area (Å²) in [5, 5.41) is 15.2. The second-order valence-corrected chi connectivity index (χ2v) is 8.36. The first-order valence-corrected chi connectivity index (χ1v) is 11.0. The van der Waals surface area contributed by atoms with Gasteiger partial charge in [-0.3, -0.25) is 4.79 Å². The zero-order chi connectivity index (χ0) is 22.5. The molecule has 1 unspecified atom stereocenters. The molecule has 0 radical (unpaired) electrons. The van der Waals surface area contributed by atoms with Gasteiger partial charge in [-0.25, -0.2) is 0 Å². The Bertz CT molecular complexity index is 1210. The van der Waals surface area contributed by atoms with Crippen LogP contribution >= 0.6 is 11.8 Å². The molecule has 4 aromatic rings. The summed E-state index contributed by atoms with van der Waals surface area (Å²) < 4.78 is 6.84. The molecule has 7 nitrogen and oxygen atoms in total. The van der Waals surface area contributed by atoms with E-state index in [1.54, 1.807) is 11.8 Å². The summed E-state index contributed by atoms with van der Waals surface area (Å²) in [6.45, 7) is 3.98. The Morgan fingerprint density at radius 2 is 1.78 bits per heavy atom. The fourth-order valence-electron chi connectivity index (χ4n) is 3.21. The molecule has 1 aromatic heterocycles. The van der Waals surface area contributed by atoms with Crippen molar-refractivity contribution in [3.05, 3.63) is 89.5 Å². The van der Waals surface area contributed by atoms with E-state index < -0.39 is 5.25 Å². The number of amides is 1. The van der Waals surface area contributed by atoms with Crippen LogP contribution in [0.5, 0.6) is 5.75 Å². The van der Waals surface area contributed by atoms with Crippen LogP contribution in [0.25, 0.3) is 5.69 Å². The topological polar surface area (TPSA) is 81.9 Å². The van der Waals surface area contributed by atoms with Crippen molar-refractivity contribution < 1.29 is 9.53 Å². The molecule has 8 heteroatoms. The zero-order valence-corrected chi connectivity index (χ0v) is 18.8. The van der Waals surface area contributed by atoms with Crippen molar-refractivity contribution in [1.82, 2.24) is 20.2 Å². The number of tetrazole rings is 1. The molecular formula is C24H23N5O2S. The van der Waals surface area contributed by atoms with Crippen molar-refractivity contribution >= 4 is 23.4 Å². The minimum atomic E-state index is -0.542. The third-order valence-electron chi connectivity index (χ3n) is 4.97. The highest BCUT2D eigenvalue weighted by atomic mass is 32.2. The highest BCUT2D eigenvalue weighted by molar-refractivity contribution is 8.00. The first kappa shape index (κ1) is 21.6. The lowest BCUT2D eigenvalue weighted by Crippen LogP contribution is -2.20. The number of hydrogen-bond donors (Lipinski definition) is 1. The number of nitrogens with zero attached hydrogens (tertiary/aromatic N) is 4. The van der Waals surface area contributed by atoms with Crippen LogP contribution in [-0.2, 0) is 4.79 Å². The fourth-order valence-corrected chi connectivity index (χ4v) is 4.21. The van der Waals surface area contributed by atoms with Gasteiger partial charge in [-0.05, 0) is 71.3 Å². The molecule has 0 aliphatic carbocycles. The lowest BCUT2D eigenvalue weighted by atomic mass is 10.1. The number of anilines is 1. The smallest absolute Gasteiger partial charge is 0.242 e. The van der Waals surface area contributed by atoms with Crippen molar-refractivity contribution in [2.75, 3.05) is 12.4 Å². The molecule has 1 amide bonds. The predicted octanol–water partition coefficient (Wildman–Crippen LogP) is 4.76. The molecule has 162 valence electrons. The molecule has 1 heterocycles. The number of benzene rings is 3. The number of thioether (sulfide) groups is 1. The van der Waals surface area contributed by atoms with Crippen LogP contribution in [0.15, 0.2) is 78.0 Å². The normalized spacial score (nSPS) is 11.7. The minimum Gasteiger partial charge on any atom is -0.497 e. The van der Waals surface area contributed by atoms with Gasteiger partial charge >= 0.3 is 0 Å². The molecule has 1 atom stereocenters. The summed E-state index contributed by atoms with van der Waals surface area (Å²) in [5.74, 6) is 0.602. The van der Waals surface area contributed by atoms with E-state index in [9.17, 15) is 4.79 Å². The van der Waals surface area contributed by atoms with Gasteiger partial charge in [0, 0.05) is 5.69 Å². The average molecular weight is 446 g/mol. The largest absolute Gasteiger partial charge is 0.497 e. The van der Waals surface area contributed by atoms with Gasteiger partial charge in [0.1, 0.15) is 11.0 Å². The summed E-state index contributed by atoms with van der Waals surface area (Å²) in [5.41, 5.74) is 4.53. The van der Waals surface area contributed by atoms with E-state index in [2.05, 4.69) is 20.8 Å². The van der Waals surface area contributed by atoms with Crippen molar-refractivity contribution in [2.24, 2.45) is 0 Å². The molecule has 0 aliphatic heterocycles. The first-order chi connectivity index (χ1) is 15.5. The number of hydrogen-bond acceptors (Lipinski definition) is 6. The highest BCUT2D eigenvalue weighted by Gasteiger charge is 2.26. The van der Waals surface area contributed by atoms with Gasteiger partial charge in [0.15, 0.2) is 0 Å². The van der Waals surface area contributed by atoms with Gasteiger partial charge in [-0.15, -0.1) is 5.10 Å². The number of carbonyl (C=O) groups excluding carboxylic acids is 1. The van der Waals surface area contributed by atoms with Gasteiger partial charge < -0.3 is 10.1 Å². The molecule has 0 fully saturated rings. The molecular weight excluding hydrogens is 422 g/mol. The molecule has 0 saturated carbocycles. The molecule has 0 aliphatic rings. The summed E-state index contributed by atoms with van der Waals surface area (Å²) in [7, 11) is 1.62. The van der Waals surface area contributed by atoms with Crippen LogP contribution in [-0.4, -0.2) is 33.2 Å². The van der Waals surface area contributed by atoms with Crippen molar-refractivity contribution in [1.29, 1.82) is 0 Å². The first-order valence-electron chi connectivity index (χ1n) is 10.1. The van der Waals surface area contributed by atoms with E-state index in [0.717, 1.165) is 33.8 Å². The van der Waals surface area contributed by atoms with E-state index in [1.165, 1.54) is 11.8 Å². The SMILES string of the molecule is COc1ccc(-n2nnnc2SC(C(=O)Nc2cc(C)ccc2C)c2ccccc2)cc1. The molecule has 0 bridgehead atoms. The van der Waals surface area contributed by atoms with Crippen LogP contribution in [0.3, 0.4) is 0 Å². The second-order valence-electron chi connectivity index (χ2n) is 7.29. The standard InChI is InChI=1S/C24H23N5O2S/c1-16-9-10-17(2)21(15-16)25-23(30)22(18-7-5-4-6-8-18)32-24-26-27-28-29(24)19-11-13-20(31-3)14-12-19/h4-15,22H,1-3H3,(H,25,30). The van der Waals surface area contributed by atoms with E-state index >= 15 is 0 Å². The minimum absolute atomic E-state index is 0.140. The average Bonchev–Trinajstić information content (AvgIpc) is 3.28. The van der Waals surface area contributed by atoms with Crippen molar-refractivity contribution in [2.45, 2.75) is 24.3 Å². The number of methoxy groups -OCH3 is 1. The molecule has 0 saturated heterocycles. The fraction of sp³-hybridized carbons (Fsp3) is 0.167. The van der Waals surface area contributed by atoms with E-state index in [1.807, 2.05) is 86.6 Å². The number of rotatable bonds is 7. The number of carbonyl (C=O) groups is 1. The van der Waals surface area contributed by atoms with Crippen molar-refractivity contribution in [3.63, 3.8) is 0 Å². The quantitative estimate of drug-likeness (QED) is 0.413. The molecule has 4 rings (SSSR count). The summed E-state index contributed by atoms with van der Waals surface area (Å²) >= 11 is 1.30. The molecule has 0 spiro atoms. The Morgan fingerprint density at radius 3 is 2.50 bits per heavy atom. The van der Waals surface area contributed by atoms with Gasteiger partial charge in [-0.1, -0.05) is 54.2 Å². The highest BCUT2D eigenvalue weighted by Crippen LogP contribution is 2.36. The molecule has 3 aromatic carbocycles. The molecule has 32 heavy (non-hydrogen) atoms. The van der Waals surface area contributed by atoms with Gasteiger partial charge in [-0.2, -0.15) is 4.68 Å². The number of aromatic nitrogens is 4. The lowest BCUT2D eigenvalue weighted by Gasteiger charge is -2.18. The van der Waals surface area contributed by atoms with E-state index in [4.69, 9.17) is 4.74 Å². The summed E-state index contributed by atoms with van der Waals surface area (Å²) in [6.07, 6.45) is 0. The van der Waals surface area contributed by atoms with E-state index in [0.29, 0.717) is 5.16 Å². The van der Waals surface area contributed by atoms with Crippen LogP contribution in [0.4, 0.5) is 5.69 Å². The van der Waals surface area contributed by atoms with Gasteiger partial charge in [0.2, 0.25) is 11.1 Å². The Kier molecular flexibility index (Phi) is 6.51. The van der Waals surface area contributed by atoms with Crippen molar-refractivity contribution in [3.8, 4) is 11.4 Å². The monoisotopic (exact) mass is 445 g/mol. The maximum atomic E-state index is 13.4. The van der Waals surface area contributed by atoms with Crippen LogP contribution < -0.4 is 10.1 Å². The number of aryl methyl sites for hydroxylation is 2. The maximum Gasteiger partial charge on any atom is 0.242 e. The second kappa shape index (κ2) is 9.65. The lowest BCUT2D eigenvalue weighted by molar-refractivity contribution is -0.115. The third-order valence-corrected chi connectivity index (χ3v) is 6.16. The Labute approximate surface area is 190 Å². The number of nitrogens with one attached hydrogen (secondary N) is 1. The van der Waals surface area contributed by atoms with E-state index in [-0.39, 0.29) is 5.91 Å². The number of ether oxygens (including phenoxy) is 1. The zero-order valence-electron chi connectivity index (χ0n) is 18.0. The Morgan fingerprint density at radius 1 is 1.03 bits per heavy atom. The van der Waals surface area contributed by atoms with Crippen LogP contribution in [0.1, 0.15) is 21.9 Å².